The standard InChI is InChI=1S/C14H15BrClNO2S2/c1-10-5-3-4-6-11(10)9-17(2)21(18,19)13-7-12(8-16)20-14(13)15/h3-7H,8-9H2,1-2H3. The van der Waals surface area contributed by atoms with Crippen molar-refractivity contribution in [3.63, 3.8) is 0 Å². The summed E-state index contributed by atoms with van der Waals surface area (Å²) in [4.78, 5) is 1.10. The number of alkyl halides is 1. The number of nitrogens with zero attached hydrogens (tertiary/aromatic N) is 1. The van der Waals surface area contributed by atoms with Crippen LogP contribution in [0.1, 0.15) is 16.0 Å². The number of aryl methyl sites for hydroxylation is 1. The summed E-state index contributed by atoms with van der Waals surface area (Å²) in [7, 11) is -1.95. The van der Waals surface area contributed by atoms with Crippen LogP contribution in [0, 0.1) is 6.92 Å². The van der Waals surface area contributed by atoms with E-state index in [4.69, 9.17) is 11.6 Å². The van der Waals surface area contributed by atoms with E-state index in [2.05, 4.69) is 15.9 Å². The molecule has 2 rings (SSSR count). The van der Waals surface area contributed by atoms with Gasteiger partial charge in [0.2, 0.25) is 10.0 Å². The molecule has 3 nitrogen and oxygen atoms in total. The summed E-state index contributed by atoms with van der Waals surface area (Å²) >= 11 is 10.4. The summed E-state index contributed by atoms with van der Waals surface area (Å²) in [5, 5.41) is 0. The molecule has 1 aromatic heterocycles. The molecule has 0 fully saturated rings. The minimum Gasteiger partial charge on any atom is -0.207 e. The number of sulfonamides is 1. The zero-order valence-corrected chi connectivity index (χ0v) is 15.6. The molecular formula is C14H15BrClNO2S2. The highest BCUT2D eigenvalue weighted by atomic mass is 79.9. The predicted octanol–water partition coefficient (Wildman–Crippen LogP) is 4.38. The smallest absolute Gasteiger partial charge is 0.207 e. The zero-order chi connectivity index (χ0) is 15.6. The highest BCUT2D eigenvalue weighted by Crippen LogP contribution is 2.34. The molecule has 2 aromatic rings. The Labute approximate surface area is 142 Å². The van der Waals surface area contributed by atoms with Gasteiger partial charge in [-0.3, -0.25) is 0 Å². The largest absolute Gasteiger partial charge is 0.245 e. The minimum absolute atomic E-state index is 0.277. The molecule has 0 saturated carbocycles. The van der Waals surface area contributed by atoms with Crippen molar-refractivity contribution >= 4 is 48.9 Å². The van der Waals surface area contributed by atoms with Crippen LogP contribution in [-0.2, 0) is 22.4 Å². The van der Waals surface area contributed by atoms with Gasteiger partial charge in [-0.1, -0.05) is 24.3 Å². The molecule has 0 amide bonds. The molecular weight excluding hydrogens is 394 g/mol. The number of rotatable bonds is 5. The van der Waals surface area contributed by atoms with Crippen molar-refractivity contribution in [2.75, 3.05) is 7.05 Å². The Kier molecular flexibility index (Phi) is 5.48. The maximum absolute atomic E-state index is 12.7. The molecule has 0 spiro atoms. The molecule has 0 aliphatic rings. The summed E-state index contributed by atoms with van der Waals surface area (Å²) in [6.45, 7) is 2.31. The van der Waals surface area contributed by atoms with Crippen LogP contribution in [0.5, 0.6) is 0 Å². The lowest BCUT2D eigenvalue weighted by molar-refractivity contribution is 0.466. The van der Waals surface area contributed by atoms with E-state index in [9.17, 15) is 8.42 Å². The average molecular weight is 409 g/mol. The van der Waals surface area contributed by atoms with Gasteiger partial charge in [-0.25, -0.2) is 8.42 Å². The number of hydrogen-bond donors (Lipinski definition) is 0. The van der Waals surface area contributed by atoms with Crippen LogP contribution >= 0.6 is 38.9 Å². The first-order chi connectivity index (χ1) is 9.86. The second kappa shape index (κ2) is 6.79. The van der Waals surface area contributed by atoms with Gasteiger partial charge in [-0.15, -0.1) is 22.9 Å². The first-order valence-corrected chi connectivity index (χ1v) is 9.79. The van der Waals surface area contributed by atoms with E-state index >= 15 is 0 Å². The molecule has 1 heterocycles. The van der Waals surface area contributed by atoms with E-state index < -0.39 is 10.0 Å². The summed E-state index contributed by atoms with van der Waals surface area (Å²) in [6, 6.07) is 9.39. The van der Waals surface area contributed by atoms with E-state index in [1.807, 2.05) is 31.2 Å². The van der Waals surface area contributed by atoms with Gasteiger partial charge in [-0.2, -0.15) is 4.31 Å². The van der Waals surface area contributed by atoms with E-state index in [1.165, 1.54) is 15.6 Å². The molecule has 7 heteroatoms. The lowest BCUT2D eigenvalue weighted by Crippen LogP contribution is -2.26. The molecule has 0 aliphatic heterocycles. The monoisotopic (exact) mass is 407 g/mol. The van der Waals surface area contributed by atoms with Crippen LogP contribution in [0.4, 0.5) is 0 Å². The summed E-state index contributed by atoms with van der Waals surface area (Å²) in [5.41, 5.74) is 2.07. The van der Waals surface area contributed by atoms with Crippen molar-refractivity contribution in [3.05, 3.63) is 50.1 Å². The van der Waals surface area contributed by atoms with Crippen LogP contribution in [0.2, 0.25) is 0 Å². The Morgan fingerprint density at radius 3 is 2.57 bits per heavy atom. The third-order valence-corrected chi connectivity index (χ3v) is 7.68. The van der Waals surface area contributed by atoms with Crippen molar-refractivity contribution in [1.29, 1.82) is 0 Å². The van der Waals surface area contributed by atoms with Gasteiger partial charge in [0.05, 0.1) is 9.67 Å². The van der Waals surface area contributed by atoms with Gasteiger partial charge < -0.3 is 0 Å². The lowest BCUT2D eigenvalue weighted by Gasteiger charge is -2.18. The summed E-state index contributed by atoms with van der Waals surface area (Å²) < 4.78 is 27.3. The molecule has 0 aliphatic carbocycles. The van der Waals surface area contributed by atoms with Gasteiger partial charge in [0, 0.05) is 18.5 Å². The second-order valence-corrected chi connectivity index (χ2v) is 9.41. The van der Waals surface area contributed by atoms with Crippen LogP contribution in [0.3, 0.4) is 0 Å². The fourth-order valence-electron chi connectivity index (χ4n) is 1.92. The summed E-state index contributed by atoms with van der Waals surface area (Å²) in [5.74, 6) is 0.306. The van der Waals surface area contributed by atoms with E-state index in [-0.39, 0.29) is 4.90 Å². The van der Waals surface area contributed by atoms with Crippen molar-refractivity contribution in [3.8, 4) is 0 Å². The Bertz CT molecular complexity index is 743. The van der Waals surface area contributed by atoms with E-state index in [1.54, 1.807) is 13.1 Å². The average Bonchev–Trinajstić information content (AvgIpc) is 2.83. The maximum atomic E-state index is 12.7. The third kappa shape index (κ3) is 3.68. The van der Waals surface area contributed by atoms with Gasteiger partial charge in [0.15, 0.2) is 0 Å². The normalized spacial score (nSPS) is 12.0. The fraction of sp³-hybridized carbons (Fsp3) is 0.286. The quantitative estimate of drug-likeness (QED) is 0.689. The molecule has 0 radical (unpaired) electrons. The highest BCUT2D eigenvalue weighted by Gasteiger charge is 2.26. The molecule has 0 unspecified atom stereocenters. The molecule has 1 aromatic carbocycles. The van der Waals surface area contributed by atoms with Gasteiger partial charge >= 0.3 is 0 Å². The molecule has 0 saturated heterocycles. The van der Waals surface area contributed by atoms with Crippen molar-refractivity contribution in [2.24, 2.45) is 0 Å². The SMILES string of the molecule is Cc1ccccc1CN(C)S(=O)(=O)c1cc(CCl)sc1Br. The first kappa shape index (κ1) is 17.0. The number of halogens is 2. The molecule has 114 valence electrons. The maximum Gasteiger partial charge on any atom is 0.245 e. The van der Waals surface area contributed by atoms with Gasteiger partial charge in [0.1, 0.15) is 4.90 Å². The van der Waals surface area contributed by atoms with Crippen molar-refractivity contribution < 1.29 is 8.42 Å². The predicted molar refractivity (Wildman–Crippen MR) is 91.4 cm³/mol. The van der Waals surface area contributed by atoms with Crippen molar-refractivity contribution in [1.82, 2.24) is 4.31 Å². The van der Waals surface area contributed by atoms with E-state index in [0.29, 0.717) is 16.2 Å². The molecule has 0 N–H and O–H groups in total. The third-order valence-electron chi connectivity index (χ3n) is 3.18. The Balaban J connectivity index is 2.30. The van der Waals surface area contributed by atoms with Crippen molar-refractivity contribution in [2.45, 2.75) is 24.2 Å². The highest BCUT2D eigenvalue weighted by molar-refractivity contribution is 9.11. The van der Waals surface area contributed by atoms with Crippen LogP contribution < -0.4 is 0 Å². The molecule has 21 heavy (non-hydrogen) atoms. The molecule has 0 bridgehead atoms. The van der Waals surface area contributed by atoms with Gasteiger partial charge in [-0.05, 0) is 40.0 Å². The molecule has 0 atom stereocenters. The van der Waals surface area contributed by atoms with Crippen LogP contribution in [-0.4, -0.2) is 19.8 Å². The number of benzene rings is 1. The first-order valence-electron chi connectivity index (χ1n) is 6.21. The fourth-order valence-corrected chi connectivity index (χ4v) is 5.79. The zero-order valence-electron chi connectivity index (χ0n) is 11.6. The minimum atomic E-state index is -3.54. The lowest BCUT2D eigenvalue weighted by atomic mass is 10.1. The Morgan fingerprint density at radius 1 is 1.33 bits per heavy atom. The van der Waals surface area contributed by atoms with Crippen LogP contribution in [0.15, 0.2) is 39.0 Å². The second-order valence-electron chi connectivity index (χ2n) is 4.67. The van der Waals surface area contributed by atoms with Gasteiger partial charge in [0.25, 0.3) is 0 Å². The van der Waals surface area contributed by atoms with E-state index in [0.717, 1.165) is 16.0 Å². The van der Waals surface area contributed by atoms with Crippen LogP contribution in [0.25, 0.3) is 0 Å². The number of hydrogen-bond acceptors (Lipinski definition) is 3. The Morgan fingerprint density at radius 2 is 2.00 bits per heavy atom. The summed E-state index contributed by atoms with van der Waals surface area (Å²) in [6.07, 6.45) is 0. The topological polar surface area (TPSA) is 37.4 Å². The Hall–Kier alpha value is -0.400. The number of thiophene rings is 1.